The summed E-state index contributed by atoms with van der Waals surface area (Å²) in [6.45, 7) is 5.55. The summed E-state index contributed by atoms with van der Waals surface area (Å²) in [6, 6.07) is 3.46. The van der Waals surface area contributed by atoms with E-state index in [1.807, 2.05) is 6.92 Å². The summed E-state index contributed by atoms with van der Waals surface area (Å²) in [7, 11) is 1.55. The maximum absolute atomic E-state index is 10.7. The van der Waals surface area contributed by atoms with Crippen LogP contribution in [0.15, 0.2) is 22.0 Å². The number of rotatable bonds is 5. The highest BCUT2D eigenvalue weighted by molar-refractivity contribution is 7.99. The van der Waals surface area contributed by atoms with Crippen LogP contribution in [0.25, 0.3) is 0 Å². The number of thioether (sulfide) groups is 1. The second-order valence-electron chi connectivity index (χ2n) is 2.78. The van der Waals surface area contributed by atoms with Crippen molar-refractivity contribution in [2.24, 2.45) is 4.99 Å². The van der Waals surface area contributed by atoms with Crippen LogP contribution in [0.2, 0.25) is 0 Å². The molecule has 0 aliphatic heterocycles. The molecule has 1 rings (SSSR count). The predicted molar refractivity (Wildman–Crippen MR) is 64.0 cm³/mol. The molecule has 0 fully saturated rings. The first-order valence-electron chi connectivity index (χ1n) is 4.53. The molecule has 4 heteroatoms. The summed E-state index contributed by atoms with van der Waals surface area (Å²) in [5, 5.41) is 0. The van der Waals surface area contributed by atoms with Gasteiger partial charge in [0.15, 0.2) is 0 Å². The molecule has 0 aromatic heterocycles. The van der Waals surface area contributed by atoms with Gasteiger partial charge >= 0.3 is 0 Å². The van der Waals surface area contributed by atoms with Crippen molar-refractivity contribution in [2.45, 2.75) is 11.8 Å². The first-order chi connectivity index (χ1) is 7.26. The Balaban J connectivity index is 3.31. The third-order valence-corrected chi connectivity index (χ3v) is 2.79. The molecule has 0 aliphatic carbocycles. The minimum atomic E-state index is 0.588. The van der Waals surface area contributed by atoms with Crippen LogP contribution in [0.1, 0.15) is 17.3 Å². The smallest absolute Gasteiger partial charge is 0.150 e. The summed E-state index contributed by atoms with van der Waals surface area (Å²) in [6.07, 6.45) is 0.801. The molecule has 0 amide bonds. The quantitative estimate of drug-likeness (QED) is 0.437. The van der Waals surface area contributed by atoms with Crippen LogP contribution >= 0.6 is 11.8 Å². The predicted octanol–water partition coefficient (Wildman–Crippen LogP) is 2.95. The third kappa shape index (κ3) is 2.59. The van der Waals surface area contributed by atoms with Crippen LogP contribution in [0.4, 0.5) is 5.69 Å². The molecule has 0 bridgehead atoms. The number of carbonyl (C=O) groups excluding carboxylic acids is 1. The van der Waals surface area contributed by atoms with Gasteiger partial charge in [0.05, 0.1) is 7.11 Å². The van der Waals surface area contributed by atoms with Crippen molar-refractivity contribution in [3.05, 3.63) is 17.7 Å². The summed E-state index contributed by atoms with van der Waals surface area (Å²) < 4.78 is 5.16. The summed E-state index contributed by atoms with van der Waals surface area (Å²) in [4.78, 5) is 15.6. The fraction of sp³-hybridized carbons (Fsp3) is 0.273. The van der Waals surface area contributed by atoms with Gasteiger partial charge in [0.25, 0.3) is 0 Å². The van der Waals surface area contributed by atoms with Crippen molar-refractivity contribution in [1.82, 2.24) is 0 Å². The molecule has 0 atom stereocenters. The van der Waals surface area contributed by atoms with E-state index < -0.39 is 0 Å². The van der Waals surface area contributed by atoms with E-state index in [0.717, 1.165) is 16.9 Å². The number of aldehydes is 1. The highest BCUT2D eigenvalue weighted by Crippen LogP contribution is 2.38. The van der Waals surface area contributed by atoms with Gasteiger partial charge in [-0.1, -0.05) is 6.92 Å². The van der Waals surface area contributed by atoms with E-state index in [2.05, 4.69) is 11.7 Å². The fourth-order valence-corrected chi connectivity index (χ4v) is 2.08. The number of hydrogen-bond acceptors (Lipinski definition) is 4. The lowest BCUT2D eigenvalue weighted by Gasteiger charge is -2.09. The molecule has 0 aliphatic rings. The van der Waals surface area contributed by atoms with Gasteiger partial charge in [-0.15, -0.1) is 11.8 Å². The molecular formula is C11H13NO2S. The lowest BCUT2D eigenvalue weighted by molar-refractivity contribution is 0.112. The molecule has 0 saturated heterocycles. The van der Waals surface area contributed by atoms with Gasteiger partial charge in [0.2, 0.25) is 0 Å². The number of aliphatic imine (C=N–C) groups is 1. The number of ether oxygens (including phenoxy) is 1. The van der Waals surface area contributed by atoms with Crippen molar-refractivity contribution in [3.63, 3.8) is 0 Å². The SMILES string of the molecule is C=Nc1c(OC)cc(C=O)cc1SCC. The fourth-order valence-electron chi connectivity index (χ4n) is 1.25. The second kappa shape index (κ2) is 5.56. The van der Waals surface area contributed by atoms with Gasteiger partial charge in [-0.05, 0) is 24.6 Å². The van der Waals surface area contributed by atoms with Crippen LogP contribution < -0.4 is 4.74 Å². The molecule has 0 spiro atoms. The zero-order chi connectivity index (χ0) is 11.3. The summed E-state index contributed by atoms with van der Waals surface area (Å²) in [5.41, 5.74) is 1.30. The minimum Gasteiger partial charge on any atom is -0.494 e. The van der Waals surface area contributed by atoms with Gasteiger partial charge in [0, 0.05) is 10.5 Å². The molecule has 0 unspecified atom stereocenters. The number of hydrogen-bond donors (Lipinski definition) is 0. The van der Waals surface area contributed by atoms with Crippen LogP contribution in [0, 0.1) is 0 Å². The Bertz CT molecular complexity index is 377. The summed E-state index contributed by atoms with van der Waals surface area (Å²) >= 11 is 1.61. The highest BCUT2D eigenvalue weighted by atomic mass is 32.2. The normalized spacial score (nSPS) is 9.73. The Morgan fingerprint density at radius 2 is 2.33 bits per heavy atom. The van der Waals surface area contributed by atoms with E-state index in [1.165, 1.54) is 0 Å². The summed E-state index contributed by atoms with van der Waals surface area (Å²) in [5.74, 6) is 1.50. The van der Waals surface area contributed by atoms with Crippen LogP contribution in [0.3, 0.4) is 0 Å². The van der Waals surface area contributed by atoms with Crippen molar-refractivity contribution >= 4 is 30.5 Å². The number of nitrogens with zero attached hydrogens (tertiary/aromatic N) is 1. The third-order valence-electron chi connectivity index (χ3n) is 1.88. The Morgan fingerprint density at radius 1 is 1.60 bits per heavy atom. The van der Waals surface area contributed by atoms with Gasteiger partial charge in [0.1, 0.15) is 17.7 Å². The monoisotopic (exact) mass is 223 g/mol. The van der Waals surface area contributed by atoms with Crippen molar-refractivity contribution in [2.75, 3.05) is 12.9 Å². The molecule has 3 nitrogen and oxygen atoms in total. The zero-order valence-corrected chi connectivity index (χ0v) is 9.63. The average Bonchev–Trinajstić information content (AvgIpc) is 2.28. The van der Waals surface area contributed by atoms with E-state index in [0.29, 0.717) is 17.0 Å². The van der Waals surface area contributed by atoms with Gasteiger partial charge in [-0.3, -0.25) is 9.79 Å². The largest absolute Gasteiger partial charge is 0.494 e. The minimum absolute atomic E-state index is 0.588. The Morgan fingerprint density at radius 3 is 2.80 bits per heavy atom. The lowest BCUT2D eigenvalue weighted by Crippen LogP contribution is -1.89. The number of carbonyl (C=O) groups is 1. The Hall–Kier alpha value is -1.29. The van der Waals surface area contributed by atoms with E-state index in [-0.39, 0.29) is 0 Å². The van der Waals surface area contributed by atoms with Gasteiger partial charge < -0.3 is 4.74 Å². The first kappa shape index (κ1) is 11.8. The van der Waals surface area contributed by atoms with E-state index in [9.17, 15) is 4.79 Å². The maximum Gasteiger partial charge on any atom is 0.150 e. The molecule has 1 aromatic rings. The van der Waals surface area contributed by atoms with Crippen LogP contribution in [-0.4, -0.2) is 25.9 Å². The van der Waals surface area contributed by atoms with E-state index >= 15 is 0 Å². The molecule has 1 aromatic carbocycles. The van der Waals surface area contributed by atoms with Crippen LogP contribution in [0.5, 0.6) is 5.75 Å². The highest BCUT2D eigenvalue weighted by Gasteiger charge is 2.10. The van der Waals surface area contributed by atoms with Gasteiger partial charge in [-0.25, -0.2) is 0 Å². The molecular weight excluding hydrogens is 210 g/mol. The lowest BCUT2D eigenvalue weighted by atomic mass is 10.2. The molecule has 15 heavy (non-hydrogen) atoms. The average molecular weight is 223 g/mol. The molecule has 80 valence electrons. The molecule has 0 saturated carbocycles. The standard InChI is InChI=1S/C11H13NO2S/c1-4-15-10-6-8(7-13)5-9(14-3)11(10)12-2/h5-7H,2,4H2,1,3H3. The Kier molecular flexibility index (Phi) is 4.37. The second-order valence-corrected chi connectivity index (χ2v) is 4.08. The van der Waals surface area contributed by atoms with E-state index in [1.54, 1.807) is 31.0 Å². The number of benzene rings is 1. The zero-order valence-electron chi connectivity index (χ0n) is 8.82. The first-order valence-corrected chi connectivity index (χ1v) is 5.52. The van der Waals surface area contributed by atoms with Crippen LogP contribution in [-0.2, 0) is 0 Å². The molecule has 0 radical (unpaired) electrons. The Labute approximate surface area is 93.5 Å². The van der Waals surface area contributed by atoms with Gasteiger partial charge in [-0.2, -0.15) is 0 Å². The van der Waals surface area contributed by atoms with Crippen molar-refractivity contribution in [1.29, 1.82) is 0 Å². The van der Waals surface area contributed by atoms with E-state index in [4.69, 9.17) is 4.74 Å². The van der Waals surface area contributed by atoms with Crippen molar-refractivity contribution < 1.29 is 9.53 Å². The van der Waals surface area contributed by atoms with Crippen molar-refractivity contribution in [3.8, 4) is 5.75 Å². The molecule has 0 N–H and O–H groups in total. The maximum atomic E-state index is 10.7. The number of methoxy groups -OCH3 is 1. The molecule has 0 heterocycles. The topological polar surface area (TPSA) is 38.7 Å².